The van der Waals surface area contributed by atoms with Gasteiger partial charge in [0.05, 0.1) is 30.7 Å². The first-order valence-corrected chi connectivity index (χ1v) is 8.30. The van der Waals surface area contributed by atoms with Crippen LogP contribution >= 0.6 is 0 Å². The molecule has 24 heavy (non-hydrogen) atoms. The molecule has 7 heteroatoms. The Bertz CT molecular complexity index is 686. The second-order valence-corrected chi connectivity index (χ2v) is 6.08. The van der Waals surface area contributed by atoms with E-state index in [1.807, 2.05) is 23.4 Å². The van der Waals surface area contributed by atoms with Gasteiger partial charge in [0.15, 0.2) is 0 Å². The van der Waals surface area contributed by atoms with Gasteiger partial charge in [0.25, 0.3) is 0 Å². The van der Waals surface area contributed by atoms with Crippen molar-refractivity contribution in [3.8, 4) is 0 Å². The second kappa shape index (κ2) is 7.53. The van der Waals surface area contributed by atoms with Crippen molar-refractivity contribution in [2.75, 3.05) is 19.7 Å². The number of nitrogens with zero attached hydrogens (tertiary/aromatic N) is 5. The molecule has 1 fully saturated rings. The van der Waals surface area contributed by atoms with Gasteiger partial charge in [0, 0.05) is 37.6 Å². The number of carbonyl (C=O) groups excluding carboxylic acids is 1. The summed E-state index contributed by atoms with van der Waals surface area (Å²) in [6, 6.07) is 2.05. The van der Waals surface area contributed by atoms with Crippen LogP contribution in [0.3, 0.4) is 0 Å². The monoisotopic (exact) mass is 329 g/mol. The lowest BCUT2D eigenvalue weighted by Gasteiger charge is -2.32. The third-order valence-electron chi connectivity index (χ3n) is 4.20. The fourth-order valence-electron chi connectivity index (χ4n) is 2.97. The average molecular weight is 329 g/mol. The topological polar surface area (TPSA) is 73.1 Å². The largest absolute Gasteiger partial charge is 0.368 e. The highest BCUT2D eigenvalue weighted by Crippen LogP contribution is 2.20. The molecule has 0 radical (unpaired) electrons. The van der Waals surface area contributed by atoms with E-state index in [4.69, 9.17) is 4.74 Å². The summed E-state index contributed by atoms with van der Waals surface area (Å²) in [6.07, 6.45) is 6.09. The van der Waals surface area contributed by atoms with E-state index in [2.05, 4.69) is 21.1 Å². The predicted molar refractivity (Wildman–Crippen MR) is 88.2 cm³/mol. The number of amides is 1. The third kappa shape index (κ3) is 3.97. The van der Waals surface area contributed by atoms with Crippen LogP contribution < -0.4 is 0 Å². The number of rotatable bonds is 5. The van der Waals surface area contributed by atoms with Crippen molar-refractivity contribution in [2.24, 2.45) is 0 Å². The maximum atomic E-state index is 12.5. The van der Waals surface area contributed by atoms with Gasteiger partial charge in [-0.05, 0) is 26.3 Å². The maximum Gasteiger partial charge on any atom is 0.222 e. The van der Waals surface area contributed by atoms with Crippen LogP contribution in [0.1, 0.15) is 36.0 Å². The van der Waals surface area contributed by atoms with E-state index in [9.17, 15) is 4.79 Å². The Balaban J connectivity index is 1.50. The van der Waals surface area contributed by atoms with Gasteiger partial charge in [-0.1, -0.05) is 0 Å². The van der Waals surface area contributed by atoms with Crippen molar-refractivity contribution in [1.82, 2.24) is 24.6 Å². The molecule has 1 aliphatic rings. The van der Waals surface area contributed by atoms with Crippen LogP contribution in [0, 0.1) is 13.8 Å². The SMILES string of the molecule is Cc1cc(C)n(CCCC(=O)N2CCO[C@@H](c3cnccn3)C2)n1. The van der Waals surface area contributed by atoms with Crippen LogP contribution in [0.25, 0.3) is 0 Å². The first kappa shape index (κ1) is 16.6. The molecule has 0 unspecified atom stereocenters. The summed E-state index contributed by atoms with van der Waals surface area (Å²) in [4.78, 5) is 22.7. The maximum absolute atomic E-state index is 12.5. The van der Waals surface area contributed by atoms with E-state index in [1.165, 1.54) is 0 Å². The van der Waals surface area contributed by atoms with E-state index in [-0.39, 0.29) is 12.0 Å². The van der Waals surface area contributed by atoms with Gasteiger partial charge in [0.1, 0.15) is 6.10 Å². The van der Waals surface area contributed by atoms with E-state index in [1.54, 1.807) is 18.6 Å². The summed E-state index contributed by atoms with van der Waals surface area (Å²) in [5.41, 5.74) is 2.92. The molecule has 0 bridgehead atoms. The van der Waals surface area contributed by atoms with Crippen molar-refractivity contribution in [1.29, 1.82) is 0 Å². The Morgan fingerprint density at radius 2 is 2.25 bits per heavy atom. The molecule has 128 valence electrons. The smallest absolute Gasteiger partial charge is 0.222 e. The van der Waals surface area contributed by atoms with Crippen molar-refractivity contribution in [3.63, 3.8) is 0 Å². The molecule has 2 aromatic rings. The molecule has 3 heterocycles. The van der Waals surface area contributed by atoms with Gasteiger partial charge >= 0.3 is 0 Å². The van der Waals surface area contributed by atoms with Crippen LogP contribution in [0.2, 0.25) is 0 Å². The highest BCUT2D eigenvalue weighted by molar-refractivity contribution is 5.76. The fraction of sp³-hybridized carbons (Fsp3) is 0.529. The number of carbonyl (C=O) groups is 1. The van der Waals surface area contributed by atoms with Gasteiger partial charge in [-0.2, -0.15) is 5.10 Å². The summed E-state index contributed by atoms with van der Waals surface area (Å²) in [5, 5.41) is 4.43. The van der Waals surface area contributed by atoms with E-state index >= 15 is 0 Å². The normalized spacial score (nSPS) is 17.9. The average Bonchev–Trinajstić information content (AvgIpc) is 2.93. The Labute approximate surface area is 141 Å². The quantitative estimate of drug-likeness (QED) is 0.834. The summed E-state index contributed by atoms with van der Waals surface area (Å²) >= 11 is 0. The summed E-state index contributed by atoms with van der Waals surface area (Å²) in [5.74, 6) is 0.161. The van der Waals surface area contributed by atoms with Crippen molar-refractivity contribution >= 4 is 5.91 Å². The number of hydrogen-bond acceptors (Lipinski definition) is 5. The lowest BCUT2D eigenvalue weighted by Crippen LogP contribution is -2.42. The molecular formula is C17H23N5O2. The molecule has 0 N–H and O–H groups in total. The van der Waals surface area contributed by atoms with Gasteiger partial charge < -0.3 is 9.64 Å². The zero-order chi connectivity index (χ0) is 16.9. The van der Waals surface area contributed by atoms with Crippen LogP contribution in [0.15, 0.2) is 24.7 Å². The van der Waals surface area contributed by atoms with Crippen molar-refractivity contribution < 1.29 is 9.53 Å². The predicted octanol–water partition coefficient (Wildman–Crippen LogP) is 1.67. The molecule has 0 aromatic carbocycles. The zero-order valence-electron chi connectivity index (χ0n) is 14.2. The van der Waals surface area contributed by atoms with Crippen LogP contribution in [-0.4, -0.2) is 50.3 Å². The van der Waals surface area contributed by atoms with E-state index in [0.29, 0.717) is 26.1 Å². The van der Waals surface area contributed by atoms with Crippen LogP contribution in [0.4, 0.5) is 0 Å². The molecule has 2 aromatic heterocycles. The molecule has 1 saturated heterocycles. The van der Waals surface area contributed by atoms with E-state index in [0.717, 1.165) is 30.0 Å². The second-order valence-electron chi connectivity index (χ2n) is 6.08. The third-order valence-corrected chi connectivity index (χ3v) is 4.20. The lowest BCUT2D eigenvalue weighted by atomic mass is 10.2. The molecule has 7 nitrogen and oxygen atoms in total. The molecule has 0 spiro atoms. The molecular weight excluding hydrogens is 306 g/mol. The van der Waals surface area contributed by atoms with Crippen molar-refractivity contribution in [2.45, 2.75) is 39.3 Å². The Morgan fingerprint density at radius 3 is 2.96 bits per heavy atom. The van der Waals surface area contributed by atoms with Crippen LogP contribution in [0.5, 0.6) is 0 Å². The first-order valence-electron chi connectivity index (χ1n) is 8.30. The molecule has 0 aliphatic carbocycles. The number of aryl methyl sites for hydroxylation is 3. The summed E-state index contributed by atoms with van der Waals surface area (Å²) < 4.78 is 7.69. The molecule has 1 atom stereocenters. The minimum Gasteiger partial charge on any atom is -0.368 e. The molecule has 1 aliphatic heterocycles. The zero-order valence-corrected chi connectivity index (χ0v) is 14.2. The Hall–Kier alpha value is -2.28. The number of morpholine rings is 1. The number of ether oxygens (including phenoxy) is 1. The highest BCUT2D eigenvalue weighted by atomic mass is 16.5. The summed E-state index contributed by atoms with van der Waals surface area (Å²) in [6.45, 7) is 6.49. The summed E-state index contributed by atoms with van der Waals surface area (Å²) in [7, 11) is 0. The van der Waals surface area contributed by atoms with Gasteiger partial charge in [-0.15, -0.1) is 0 Å². The van der Waals surface area contributed by atoms with Gasteiger partial charge in [-0.25, -0.2) is 0 Å². The number of aromatic nitrogens is 4. The molecule has 1 amide bonds. The first-order chi connectivity index (χ1) is 11.6. The van der Waals surface area contributed by atoms with E-state index < -0.39 is 0 Å². The van der Waals surface area contributed by atoms with Crippen LogP contribution in [-0.2, 0) is 16.1 Å². The Morgan fingerprint density at radius 1 is 1.38 bits per heavy atom. The minimum absolute atomic E-state index is 0.161. The molecule has 0 saturated carbocycles. The molecule has 3 rings (SSSR count). The highest BCUT2D eigenvalue weighted by Gasteiger charge is 2.26. The van der Waals surface area contributed by atoms with Crippen molar-refractivity contribution in [3.05, 3.63) is 41.7 Å². The fourth-order valence-corrected chi connectivity index (χ4v) is 2.97. The standard InChI is InChI=1S/C17H23N5O2/c1-13-10-14(2)22(20-13)7-3-4-17(23)21-8-9-24-16(12-21)15-11-18-5-6-19-15/h5-6,10-11,16H,3-4,7-9,12H2,1-2H3/t16-/m1/s1. The van der Waals surface area contributed by atoms with Gasteiger partial charge in [0.2, 0.25) is 5.91 Å². The Kier molecular flexibility index (Phi) is 5.20. The number of hydrogen-bond donors (Lipinski definition) is 0. The lowest BCUT2D eigenvalue weighted by molar-refractivity contribution is -0.139. The minimum atomic E-state index is -0.188. The van der Waals surface area contributed by atoms with Gasteiger partial charge in [-0.3, -0.25) is 19.4 Å².